The lowest BCUT2D eigenvalue weighted by molar-refractivity contribution is 0.0382. The van der Waals surface area contributed by atoms with Crippen LogP contribution in [0, 0.1) is 0 Å². The number of hydrogen-bond donors (Lipinski definition) is 5. The van der Waals surface area contributed by atoms with Crippen LogP contribution in [0.15, 0.2) is 79.0 Å². The van der Waals surface area contributed by atoms with Crippen LogP contribution in [0.2, 0.25) is 0 Å². The van der Waals surface area contributed by atoms with Crippen molar-refractivity contribution in [2.45, 2.75) is 26.2 Å². The first-order valence-corrected chi connectivity index (χ1v) is 21.4. The third kappa shape index (κ3) is 11.9. The zero-order valence-electron chi connectivity index (χ0n) is 37.0. The van der Waals surface area contributed by atoms with E-state index in [0.717, 1.165) is 38.3 Å². The highest BCUT2D eigenvalue weighted by Gasteiger charge is 2.25. The molecule has 0 unspecified atom stereocenters. The highest BCUT2D eigenvalue weighted by atomic mass is 16.5. The maximum Gasteiger partial charge on any atom is 0.323 e. The van der Waals surface area contributed by atoms with Crippen LogP contribution in [-0.2, 0) is 14.9 Å². The molecular weight excluding hydrogens is 819 g/mol. The van der Waals surface area contributed by atoms with E-state index < -0.39 is 6.03 Å². The van der Waals surface area contributed by atoms with Gasteiger partial charge >= 0.3 is 6.03 Å². The third-order valence-electron chi connectivity index (χ3n) is 10.9. The summed E-state index contributed by atoms with van der Waals surface area (Å²) in [5.74, 6) is 1.22. The molecule has 64 heavy (non-hydrogen) atoms. The first-order chi connectivity index (χ1) is 31.0. The Hall–Kier alpha value is -6.53. The number of nitrogens with one attached hydrogen (secondary N) is 5. The van der Waals surface area contributed by atoms with E-state index in [2.05, 4.69) is 46.4 Å². The molecule has 4 aromatic carbocycles. The molecule has 7 rings (SSSR count). The predicted molar refractivity (Wildman–Crippen MR) is 246 cm³/mol. The Bertz CT molecular complexity index is 2430. The average molecular weight is 876 g/mol. The zero-order valence-corrected chi connectivity index (χ0v) is 37.0. The maximum atomic E-state index is 13.8. The Morgan fingerprint density at radius 1 is 0.734 bits per heavy atom. The number of aromatic nitrogens is 2. The van der Waals surface area contributed by atoms with Gasteiger partial charge in [-0.25, -0.2) is 9.78 Å². The van der Waals surface area contributed by atoms with E-state index in [4.69, 9.17) is 23.7 Å². The van der Waals surface area contributed by atoms with Crippen molar-refractivity contribution in [3.63, 3.8) is 0 Å². The summed E-state index contributed by atoms with van der Waals surface area (Å²) in [4.78, 5) is 54.0. The van der Waals surface area contributed by atoms with E-state index >= 15 is 0 Å². The number of nitrogens with zero attached hydrogens (tertiary/aromatic N) is 4. The summed E-state index contributed by atoms with van der Waals surface area (Å²) in [6.07, 6.45) is 1.57. The smallest absolute Gasteiger partial charge is 0.323 e. The molecule has 2 saturated heterocycles. The van der Waals surface area contributed by atoms with E-state index in [1.165, 1.54) is 14.2 Å². The summed E-state index contributed by atoms with van der Waals surface area (Å²) in [6, 6.07) is 20.9. The molecule has 0 bridgehead atoms. The zero-order chi connectivity index (χ0) is 45.1. The van der Waals surface area contributed by atoms with Crippen LogP contribution in [0.25, 0.3) is 10.8 Å². The van der Waals surface area contributed by atoms with Crippen molar-refractivity contribution >= 4 is 51.6 Å². The van der Waals surface area contributed by atoms with Crippen LogP contribution in [0.3, 0.4) is 0 Å². The molecule has 1 aromatic heterocycles. The molecule has 5 N–H and O–H groups in total. The number of carbonyl (C=O) groups is 3. The van der Waals surface area contributed by atoms with Gasteiger partial charge in [-0.2, -0.15) is 4.98 Å². The van der Waals surface area contributed by atoms with E-state index in [-0.39, 0.29) is 34.8 Å². The molecule has 0 aliphatic carbocycles. The monoisotopic (exact) mass is 875 g/mol. The summed E-state index contributed by atoms with van der Waals surface area (Å²) in [5.41, 5.74) is 2.69. The van der Waals surface area contributed by atoms with Crippen molar-refractivity contribution in [2.75, 3.05) is 109 Å². The van der Waals surface area contributed by atoms with E-state index in [1.807, 2.05) is 57.2 Å². The number of fused-ring (bicyclic) bond motifs is 1. The lowest BCUT2D eigenvalue weighted by Gasteiger charge is -2.26. The third-order valence-corrected chi connectivity index (χ3v) is 10.9. The van der Waals surface area contributed by atoms with E-state index in [1.54, 1.807) is 42.6 Å². The number of benzene rings is 4. The van der Waals surface area contributed by atoms with Gasteiger partial charge in [-0.1, -0.05) is 45.0 Å². The van der Waals surface area contributed by atoms with Gasteiger partial charge in [0.05, 0.1) is 57.6 Å². The average Bonchev–Trinajstić information content (AvgIpc) is 3.30. The standard InChI is InChI=1S/C47H57N9O8/c1-47(2,3)32-28-37(44(58)49-15-17-56-20-24-63-25-21-56)42(61-5)39(29-32)53-46(59)52-38-10-11-40(36-9-7-6-8-35(36)38)64-41-12-13-50-45(54-41)51-33-26-31(27-34(30-33)60-4)43(57)48-14-16-55-18-22-62-23-19-55/h6-13,26-30H,14-25H2,1-5H3,(H,48,57)(H,49,58)(H,50,51,54)(H2,52,53,59). The van der Waals surface area contributed by atoms with Crippen LogP contribution in [0.5, 0.6) is 23.1 Å². The normalized spacial score (nSPS) is 14.6. The minimum Gasteiger partial charge on any atom is -0.497 e. The molecule has 0 radical (unpaired) electrons. The van der Waals surface area contributed by atoms with Crippen LogP contribution in [0.4, 0.5) is 27.8 Å². The SMILES string of the molecule is COc1cc(Nc2nccc(Oc3ccc(NC(=O)Nc4cc(C(C)(C)C)cc(C(=O)NCCN5CCOCC5)c4OC)c4ccccc34)n2)cc(C(=O)NCCN2CCOCC2)c1. The van der Waals surface area contributed by atoms with Gasteiger partial charge in [0.2, 0.25) is 11.8 Å². The Balaban J connectivity index is 1.03. The molecule has 0 spiro atoms. The van der Waals surface area contributed by atoms with Crippen molar-refractivity contribution in [2.24, 2.45) is 0 Å². The summed E-state index contributed by atoms with van der Waals surface area (Å²) in [6.45, 7) is 14.6. The molecule has 17 nitrogen and oxygen atoms in total. The Morgan fingerprint density at radius 3 is 2.05 bits per heavy atom. The Morgan fingerprint density at radius 2 is 1.39 bits per heavy atom. The van der Waals surface area contributed by atoms with Gasteiger partial charge in [-0.05, 0) is 47.4 Å². The fourth-order valence-electron chi connectivity index (χ4n) is 7.41. The molecule has 2 aliphatic heterocycles. The maximum absolute atomic E-state index is 13.8. The Kier molecular flexibility index (Phi) is 15.1. The van der Waals surface area contributed by atoms with Crippen LogP contribution in [0.1, 0.15) is 47.1 Å². The molecule has 0 saturated carbocycles. The molecule has 2 fully saturated rings. The van der Waals surface area contributed by atoms with Gasteiger partial charge in [0.25, 0.3) is 11.8 Å². The lowest BCUT2D eigenvalue weighted by atomic mass is 9.85. The number of amides is 4. The van der Waals surface area contributed by atoms with Gasteiger partial charge in [0.15, 0.2) is 5.75 Å². The van der Waals surface area contributed by atoms with Gasteiger partial charge in [0, 0.05) is 92.7 Å². The molecule has 0 atom stereocenters. The second kappa shape index (κ2) is 21.2. The van der Waals surface area contributed by atoms with Crippen molar-refractivity contribution in [1.29, 1.82) is 0 Å². The molecular formula is C47H57N9O8. The number of carbonyl (C=O) groups excluding carboxylic acids is 3. The topological polar surface area (TPSA) is 190 Å². The minimum atomic E-state index is -0.528. The number of ether oxygens (including phenoxy) is 5. The number of methoxy groups -OCH3 is 2. The second-order valence-electron chi connectivity index (χ2n) is 16.4. The van der Waals surface area contributed by atoms with Crippen LogP contribution in [-0.4, -0.2) is 131 Å². The summed E-state index contributed by atoms with van der Waals surface area (Å²) >= 11 is 0. The number of rotatable bonds is 16. The van der Waals surface area contributed by atoms with E-state index in [9.17, 15) is 14.4 Å². The number of urea groups is 1. The van der Waals surface area contributed by atoms with Crippen molar-refractivity contribution in [3.8, 4) is 23.1 Å². The second-order valence-corrected chi connectivity index (χ2v) is 16.4. The first kappa shape index (κ1) is 45.5. The molecule has 17 heteroatoms. The van der Waals surface area contributed by atoms with Crippen molar-refractivity contribution in [1.82, 2.24) is 30.4 Å². The summed E-state index contributed by atoms with van der Waals surface area (Å²) in [5, 5.41) is 16.5. The highest BCUT2D eigenvalue weighted by molar-refractivity contribution is 6.09. The molecule has 338 valence electrons. The molecule has 2 aliphatic rings. The van der Waals surface area contributed by atoms with Crippen molar-refractivity contribution in [3.05, 3.63) is 95.7 Å². The lowest BCUT2D eigenvalue weighted by Crippen LogP contribution is -2.41. The first-order valence-electron chi connectivity index (χ1n) is 21.4. The molecule has 5 aromatic rings. The summed E-state index contributed by atoms with van der Waals surface area (Å²) < 4.78 is 28.4. The molecule has 3 heterocycles. The minimum absolute atomic E-state index is 0.227. The van der Waals surface area contributed by atoms with Crippen molar-refractivity contribution < 1.29 is 38.1 Å². The Labute approximate surface area is 373 Å². The van der Waals surface area contributed by atoms with Gasteiger partial charge in [-0.15, -0.1) is 0 Å². The van der Waals surface area contributed by atoms with Gasteiger partial charge in [-0.3, -0.25) is 19.4 Å². The largest absolute Gasteiger partial charge is 0.497 e. The summed E-state index contributed by atoms with van der Waals surface area (Å²) in [7, 11) is 3.02. The number of morpholine rings is 2. The van der Waals surface area contributed by atoms with Crippen LogP contribution >= 0.6 is 0 Å². The number of anilines is 4. The number of hydrogen-bond acceptors (Lipinski definition) is 13. The predicted octanol–water partition coefficient (Wildman–Crippen LogP) is 6.25. The van der Waals surface area contributed by atoms with Gasteiger partial charge in [0.1, 0.15) is 11.5 Å². The van der Waals surface area contributed by atoms with Gasteiger partial charge < -0.3 is 50.3 Å². The van der Waals surface area contributed by atoms with Crippen LogP contribution < -0.4 is 40.8 Å². The molecule has 4 amide bonds. The quantitative estimate of drug-likeness (QED) is 0.0749. The fraction of sp³-hybridized carbons (Fsp3) is 0.383. The highest BCUT2D eigenvalue weighted by Crippen LogP contribution is 2.37. The van der Waals surface area contributed by atoms with E-state index in [0.29, 0.717) is 96.5 Å². The fourth-order valence-corrected chi connectivity index (χ4v) is 7.41.